The van der Waals surface area contributed by atoms with Gasteiger partial charge in [0.1, 0.15) is 5.75 Å². The molecule has 2 rings (SSSR count). The average molecular weight is 275 g/mol. The molecule has 1 aliphatic rings. The number of amides is 1. The highest BCUT2D eigenvalue weighted by Gasteiger charge is 2.25. The summed E-state index contributed by atoms with van der Waals surface area (Å²) in [7, 11) is 0. The fourth-order valence-corrected chi connectivity index (χ4v) is 2.58. The Hall–Kier alpha value is -1.51. The molecular weight excluding hydrogens is 250 g/mol. The van der Waals surface area contributed by atoms with Crippen LogP contribution in [-0.2, 0) is 4.79 Å². The first-order chi connectivity index (χ1) is 9.61. The lowest BCUT2D eigenvalue weighted by atomic mass is 10.1. The van der Waals surface area contributed by atoms with Gasteiger partial charge in [0.15, 0.2) is 6.10 Å². The van der Waals surface area contributed by atoms with Gasteiger partial charge in [-0.2, -0.15) is 0 Å². The predicted octanol–water partition coefficient (Wildman–Crippen LogP) is 3.47. The van der Waals surface area contributed by atoms with E-state index >= 15 is 0 Å². The number of aryl methyl sites for hydroxylation is 2. The summed E-state index contributed by atoms with van der Waals surface area (Å²) in [5.74, 6) is 0.940. The standard InChI is InChI=1S/C17H25NO2/c1-4-16(17(19)18-10-6-5-7-11-18)20-15-9-8-13(2)14(3)12-15/h8-9,12,16H,4-7,10-11H2,1-3H3/t16-/m0/s1. The third-order valence-electron chi connectivity index (χ3n) is 4.07. The first-order valence-electron chi connectivity index (χ1n) is 7.64. The Morgan fingerprint density at radius 2 is 1.90 bits per heavy atom. The molecule has 1 aliphatic heterocycles. The van der Waals surface area contributed by atoms with E-state index in [4.69, 9.17) is 4.74 Å². The highest BCUT2D eigenvalue weighted by molar-refractivity contribution is 5.81. The number of nitrogens with zero attached hydrogens (tertiary/aromatic N) is 1. The highest BCUT2D eigenvalue weighted by atomic mass is 16.5. The van der Waals surface area contributed by atoms with Gasteiger partial charge in [0, 0.05) is 13.1 Å². The van der Waals surface area contributed by atoms with Crippen molar-refractivity contribution in [2.75, 3.05) is 13.1 Å². The summed E-state index contributed by atoms with van der Waals surface area (Å²) in [6.45, 7) is 7.91. The molecule has 3 nitrogen and oxygen atoms in total. The van der Waals surface area contributed by atoms with Gasteiger partial charge >= 0.3 is 0 Å². The quantitative estimate of drug-likeness (QED) is 0.842. The molecule has 1 saturated heterocycles. The van der Waals surface area contributed by atoms with Crippen LogP contribution in [0.5, 0.6) is 5.75 Å². The van der Waals surface area contributed by atoms with Crippen LogP contribution in [0.15, 0.2) is 18.2 Å². The molecule has 0 bridgehead atoms. The maximum absolute atomic E-state index is 12.5. The Kier molecular flexibility index (Phi) is 5.05. The number of piperidine rings is 1. The van der Waals surface area contributed by atoms with Crippen molar-refractivity contribution in [3.63, 3.8) is 0 Å². The van der Waals surface area contributed by atoms with Crippen LogP contribution in [-0.4, -0.2) is 30.0 Å². The van der Waals surface area contributed by atoms with Gasteiger partial charge in [-0.15, -0.1) is 0 Å². The normalized spacial score (nSPS) is 16.9. The fraction of sp³-hybridized carbons (Fsp3) is 0.588. The molecular formula is C17H25NO2. The Balaban J connectivity index is 2.03. The first-order valence-corrected chi connectivity index (χ1v) is 7.64. The summed E-state index contributed by atoms with van der Waals surface area (Å²) in [5, 5.41) is 0. The summed E-state index contributed by atoms with van der Waals surface area (Å²) in [4.78, 5) is 14.4. The third-order valence-corrected chi connectivity index (χ3v) is 4.07. The van der Waals surface area contributed by atoms with E-state index in [1.165, 1.54) is 17.5 Å². The number of rotatable bonds is 4. The minimum Gasteiger partial charge on any atom is -0.481 e. The van der Waals surface area contributed by atoms with Crippen molar-refractivity contribution < 1.29 is 9.53 Å². The minimum absolute atomic E-state index is 0.144. The molecule has 1 atom stereocenters. The topological polar surface area (TPSA) is 29.5 Å². The van der Waals surface area contributed by atoms with Gasteiger partial charge in [-0.25, -0.2) is 0 Å². The molecule has 110 valence electrons. The Morgan fingerprint density at radius 3 is 2.50 bits per heavy atom. The van der Waals surface area contributed by atoms with E-state index in [0.717, 1.165) is 31.7 Å². The van der Waals surface area contributed by atoms with Crippen molar-refractivity contribution in [3.05, 3.63) is 29.3 Å². The zero-order valence-corrected chi connectivity index (χ0v) is 12.8. The molecule has 3 heteroatoms. The van der Waals surface area contributed by atoms with Crippen LogP contribution in [0.25, 0.3) is 0 Å². The van der Waals surface area contributed by atoms with E-state index in [-0.39, 0.29) is 12.0 Å². The van der Waals surface area contributed by atoms with Crippen molar-refractivity contribution in [3.8, 4) is 5.75 Å². The molecule has 1 aromatic carbocycles. The first kappa shape index (κ1) is 14.9. The molecule has 1 aromatic rings. The smallest absolute Gasteiger partial charge is 0.263 e. The maximum Gasteiger partial charge on any atom is 0.263 e. The average Bonchev–Trinajstić information content (AvgIpc) is 2.48. The molecule has 1 amide bonds. The zero-order valence-electron chi connectivity index (χ0n) is 12.8. The lowest BCUT2D eigenvalue weighted by Crippen LogP contribution is -2.44. The van der Waals surface area contributed by atoms with Gasteiger partial charge in [0.2, 0.25) is 0 Å². The number of carbonyl (C=O) groups is 1. The van der Waals surface area contributed by atoms with E-state index in [1.807, 2.05) is 30.0 Å². The largest absolute Gasteiger partial charge is 0.481 e. The van der Waals surface area contributed by atoms with Crippen LogP contribution in [0.4, 0.5) is 0 Å². The highest BCUT2D eigenvalue weighted by Crippen LogP contribution is 2.20. The van der Waals surface area contributed by atoms with Crippen LogP contribution >= 0.6 is 0 Å². The van der Waals surface area contributed by atoms with E-state index < -0.39 is 0 Å². The number of hydrogen-bond donors (Lipinski definition) is 0. The monoisotopic (exact) mass is 275 g/mol. The third kappa shape index (κ3) is 3.53. The lowest BCUT2D eigenvalue weighted by molar-refractivity contribution is -0.139. The molecule has 0 spiro atoms. The number of likely N-dealkylation sites (tertiary alicyclic amines) is 1. The molecule has 0 unspecified atom stereocenters. The Bertz CT molecular complexity index is 464. The molecule has 0 aliphatic carbocycles. The molecule has 1 heterocycles. The molecule has 0 N–H and O–H groups in total. The minimum atomic E-state index is -0.352. The van der Waals surface area contributed by atoms with Crippen LogP contribution in [0.2, 0.25) is 0 Å². The summed E-state index contributed by atoms with van der Waals surface area (Å²) in [5.41, 5.74) is 2.44. The lowest BCUT2D eigenvalue weighted by Gasteiger charge is -2.30. The van der Waals surface area contributed by atoms with Gasteiger partial charge in [0.05, 0.1) is 0 Å². The molecule has 1 fully saturated rings. The summed E-state index contributed by atoms with van der Waals surface area (Å²) >= 11 is 0. The molecule has 0 aromatic heterocycles. The van der Waals surface area contributed by atoms with E-state index in [9.17, 15) is 4.79 Å². The second-order valence-electron chi connectivity index (χ2n) is 5.65. The second-order valence-corrected chi connectivity index (χ2v) is 5.65. The van der Waals surface area contributed by atoms with Crippen LogP contribution in [0.1, 0.15) is 43.7 Å². The SMILES string of the molecule is CC[C@H](Oc1ccc(C)c(C)c1)C(=O)N1CCCCC1. The van der Waals surface area contributed by atoms with Crippen molar-refractivity contribution >= 4 is 5.91 Å². The summed E-state index contributed by atoms with van der Waals surface area (Å²) < 4.78 is 5.92. The van der Waals surface area contributed by atoms with Crippen molar-refractivity contribution in [2.24, 2.45) is 0 Å². The Labute approximate surface area is 121 Å². The number of benzene rings is 1. The summed E-state index contributed by atoms with van der Waals surface area (Å²) in [6.07, 6.45) is 3.83. The Morgan fingerprint density at radius 1 is 1.20 bits per heavy atom. The summed E-state index contributed by atoms with van der Waals surface area (Å²) in [6, 6.07) is 6.01. The fourth-order valence-electron chi connectivity index (χ4n) is 2.58. The van der Waals surface area contributed by atoms with Crippen molar-refractivity contribution in [2.45, 2.75) is 52.6 Å². The second kappa shape index (κ2) is 6.78. The number of carbonyl (C=O) groups excluding carboxylic acids is 1. The van der Waals surface area contributed by atoms with E-state index in [1.54, 1.807) is 0 Å². The molecule has 20 heavy (non-hydrogen) atoms. The van der Waals surface area contributed by atoms with Gasteiger partial charge in [-0.05, 0) is 62.8 Å². The van der Waals surface area contributed by atoms with Crippen molar-refractivity contribution in [1.82, 2.24) is 4.90 Å². The van der Waals surface area contributed by atoms with Gasteiger partial charge < -0.3 is 9.64 Å². The molecule has 0 radical (unpaired) electrons. The molecule has 0 saturated carbocycles. The van der Waals surface area contributed by atoms with Crippen LogP contribution < -0.4 is 4.74 Å². The maximum atomic E-state index is 12.5. The van der Waals surface area contributed by atoms with Crippen LogP contribution in [0, 0.1) is 13.8 Å². The van der Waals surface area contributed by atoms with Crippen LogP contribution in [0.3, 0.4) is 0 Å². The van der Waals surface area contributed by atoms with Gasteiger partial charge in [-0.1, -0.05) is 13.0 Å². The van der Waals surface area contributed by atoms with E-state index in [0.29, 0.717) is 6.42 Å². The zero-order chi connectivity index (χ0) is 14.5. The number of hydrogen-bond acceptors (Lipinski definition) is 2. The van der Waals surface area contributed by atoms with Gasteiger partial charge in [0.25, 0.3) is 5.91 Å². The predicted molar refractivity (Wildman–Crippen MR) is 81.1 cm³/mol. The van der Waals surface area contributed by atoms with E-state index in [2.05, 4.69) is 13.8 Å². The van der Waals surface area contributed by atoms with Gasteiger partial charge in [-0.3, -0.25) is 4.79 Å². The van der Waals surface area contributed by atoms with Crippen molar-refractivity contribution in [1.29, 1.82) is 0 Å². The number of ether oxygens (including phenoxy) is 1.